The number of sulfonamides is 1. The summed E-state index contributed by atoms with van der Waals surface area (Å²) in [7, 11) is -3.58. The number of nitrogens with one attached hydrogen (secondary N) is 1. The number of benzene rings is 1. The highest BCUT2D eigenvalue weighted by Crippen LogP contribution is 2.27. The fourth-order valence-corrected chi connectivity index (χ4v) is 3.11. The van der Waals surface area contributed by atoms with E-state index in [4.69, 9.17) is 0 Å². The number of thiazole rings is 1. The predicted octanol–water partition coefficient (Wildman–Crippen LogP) is 2.12. The van der Waals surface area contributed by atoms with Crippen molar-refractivity contribution in [2.24, 2.45) is 0 Å². The molecule has 0 radical (unpaired) electrons. The number of rotatable bonds is 3. The first-order valence-corrected chi connectivity index (χ1v) is 8.58. The lowest BCUT2D eigenvalue weighted by molar-refractivity contribution is 0.0977. The van der Waals surface area contributed by atoms with Crippen molar-refractivity contribution >= 4 is 27.3 Å². The Balaban J connectivity index is 2.31. The van der Waals surface area contributed by atoms with Crippen LogP contribution in [0.3, 0.4) is 0 Å². The van der Waals surface area contributed by atoms with Gasteiger partial charge in [-0.15, -0.1) is 11.3 Å². The van der Waals surface area contributed by atoms with E-state index in [1.165, 1.54) is 11.3 Å². The van der Waals surface area contributed by atoms with Gasteiger partial charge in [-0.05, 0) is 19.4 Å². The number of amides is 1. The molecular weight excluding hydrogens is 296 g/mol. The first-order valence-electron chi connectivity index (χ1n) is 5.81. The molecule has 20 heavy (non-hydrogen) atoms. The van der Waals surface area contributed by atoms with Crippen LogP contribution < -0.4 is 4.72 Å². The predicted molar refractivity (Wildman–Crippen MR) is 79.3 cm³/mol. The molecule has 7 heteroatoms. The van der Waals surface area contributed by atoms with Crippen LogP contribution in [0.15, 0.2) is 23.6 Å². The number of aryl methyl sites for hydroxylation is 2. The third-order valence-corrected chi connectivity index (χ3v) is 4.06. The van der Waals surface area contributed by atoms with E-state index in [0.29, 0.717) is 5.01 Å². The van der Waals surface area contributed by atoms with E-state index in [1.54, 1.807) is 5.38 Å². The minimum absolute atomic E-state index is 0.107. The van der Waals surface area contributed by atoms with Gasteiger partial charge in [0.05, 0.1) is 6.26 Å². The van der Waals surface area contributed by atoms with Crippen molar-refractivity contribution in [3.05, 3.63) is 40.4 Å². The van der Waals surface area contributed by atoms with E-state index < -0.39 is 15.9 Å². The molecule has 0 aliphatic heterocycles. The van der Waals surface area contributed by atoms with Crippen LogP contribution in [-0.2, 0) is 10.0 Å². The van der Waals surface area contributed by atoms with Crippen LogP contribution in [0.2, 0.25) is 0 Å². The molecule has 0 saturated carbocycles. The highest BCUT2D eigenvalue weighted by atomic mass is 32.2. The fourth-order valence-electron chi connectivity index (χ4n) is 1.78. The van der Waals surface area contributed by atoms with E-state index in [1.807, 2.05) is 36.8 Å². The van der Waals surface area contributed by atoms with Crippen LogP contribution in [0.5, 0.6) is 0 Å². The van der Waals surface area contributed by atoms with Gasteiger partial charge in [0, 0.05) is 10.9 Å². The molecule has 0 atom stereocenters. The van der Waals surface area contributed by atoms with Crippen molar-refractivity contribution in [3.8, 4) is 10.6 Å². The van der Waals surface area contributed by atoms with Crippen molar-refractivity contribution in [2.45, 2.75) is 13.8 Å². The lowest BCUT2D eigenvalue weighted by Gasteiger charge is -2.03. The molecule has 0 unspecified atom stereocenters. The summed E-state index contributed by atoms with van der Waals surface area (Å²) in [4.78, 5) is 15.9. The lowest BCUT2D eigenvalue weighted by atomic mass is 10.1. The lowest BCUT2D eigenvalue weighted by Crippen LogP contribution is -2.29. The summed E-state index contributed by atoms with van der Waals surface area (Å²) < 4.78 is 24.0. The molecular formula is C13H14N2O3S2. The summed E-state index contributed by atoms with van der Waals surface area (Å²) in [5, 5.41) is 2.25. The van der Waals surface area contributed by atoms with Crippen molar-refractivity contribution < 1.29 is 13.2 Å². The van der Waals surface area contributed by atoms with Gasteiger partial charge in [0.25, 0.3) is 5.91 Å². The van der Waals surface area contributed by atoms with Crippen molar-refractivity contribution in [3.63, 3.8) is 0 Å². The number of carbonyl (C=O) groups is 1. The molecule has 0 bridgehead atoms. The van der Waals surface area contributed by atoms with Gasteiger partial charge in [0.2, 0.25) is 10.0 Å². The largest absolute Gasteiger partial charge is 0.284 e. The van der Waals surface area contributed by atoms with Gasteiger partial charge in [-0.25, -0.2) is 18.1 Å². The molecule has 0 aliphatic rings. The van der Waals surface area contributed by atoms with Gasteiger partial charge in [0.15, 0.2) is 0 Å². The number of hydrogen-bond acceptors (Lipinski definition) is 5. The van der Waals surface area contributed by atoms with Crippen molar-refractivity contribution in [2.75, 3.05) is 6.26 Å². The average molecular weight is 310 g/mol. The molecule has 106 valence electrons. The van der Waals surface area contributed by atoms with E-state index >= 15 is 0 Å². The van der Waals surface area contributed by atoms with Gasteiger partial charge in [0.1, 0.15) is 10.7 Å². The van der Waals surface area contributed by atoms with E-state index in [-0.39, 0.29) is 5.69 Å². The summed E-state index contributed by atoms with van der Waals surface area (Å²) in [6.07, 6.45) is 0.933. The fraction of sp³-hybridized carbons (Fsp3) is 0.231. The average Bonchev–Trinajstić information content (AvgIpc) is 2.75. The van der Waals surface area contributed by atoms with Gasteiger partial charge < -0.3 is 0 Å². The Hall–Kier alpha value is -1.73. The summed E-state index contributed by atoms with van der Waals surface area (Å²) >= 11 is 1.31. The maximum absolute atomic E-state index is 11.7. The van der Waals surface area contributed by atoms with Gasteiger partial charge in [-0.1, -0.05) is 23.8 Å². The second-order valence-corrected chi connectivity index (χ2v) is 7.17. The summed E-state index contributed by atoms with van der Waals surface area (Å²) in [6.45, 7) is 3.98. The molecule has 1 N–H and O–H groups in total. The van der Waals surface area contributed by atoms with Crippen molar-refractivity contribution in [1.82, 2.24) is 9.71 Å². The Kier molecular flexibility index (Phi) is 3.92. The quantitative estimate of drug-likeness (QED) is 0.942. The Labute approximate surface area is 121 Å². The molecule has 5 nitrogen and oxygen atoms in total. The Morgan fingerprint density at radius 1 is 1.30 bits per heavy atom. The normalized spacial score (nSPS) is 11.3. The zero-order chi connectivity index (χ0) is 14.9. The molecule has 1 aromatic heterocycles. The van der Waals surface area contributed by atoms with Crippen LogP contribution in [0, 0.1) is 13.8 Å². The highest BCUT2D eigenvalue weighted by molar-refractivity contribution is 7.89. The van der Waals surface area contributed by atoms with Crippen LogP contribution in [0.1, 0.15) is 21.6 Å². The SMILES string of the molecule is Cc1ccc(-c2nc(C(=O)NS(C)(=O)=O)cs2)c(C)c1. The summed E-state index contributed by atoms with van der Waals surface area (Å²) in [5.41, 5.74) is 3.27. The number of nitrogens with zero attached hydrogens (tertiary/aromatic N) is 1. The van der Waals surface area contributed by atoms with Crippen LogP contribution in [0.25, 0.3) is 10.6 Å². The van der Waals surface area contributed by atoms with E-state index in [9.17, 15) is 13.2 Å². The zero-order valence-electron chi connectivity index (χ0n) is 11.3. The molecule has 1 aromatic carbocycles. The Morgan fingerprint density at radius 2 is 2.00 bits per heavy atom. The molecule has 2 rings (SSSR count). The molecule has 1 amide bonds. The van der Waals surface area contributed by atoms with E-state index in [0.717, 1.165) is 22.9 Å². The standard InChI is InChI=1S/C13H14N2O3S2/c1-8-4-5-10(9(2)6-8)13-14-11(7-19-13)12(16)15-20(3,17)18/h4-7H,1-3H3,(H,15,16). The number of carbonyl (C=O) groups excluding carboxylic acids is 1. The Bertz CT molecular complexity index is 764. The third kappa shape index (κ3) is 3.43. The number of hydrogen-bond donors (Lipinski definition) is 1. The number of aromatic nitrogens is 1. The van der Waals surface area contributed by atoms with Crippen LogP contribution in [-0.4, -0.2) is 25.6 Å². The molecule has 2 aromatic rings. The topological polar surface area (TPSA) is 76.1 Å². The second kappa shape index (κ2) is 5.34. The first-order chi connectivity index (χ1) is 9.26. The summed E-state index contributed by atoms with van der Waals surface area (Å²) in [5.74, 6) is -0.709. The second-order valence-electron chi connectivity index (χ2n) is 4.56. The smallest absolute Gasteiger partial charge is 0.266 e. The monoisotopic (exact) mass is 310 g/mol. The molecule has 0 aliphatic carbocycles. The van der Waals surface area contributed by atoms with Gasteiger partial charge in [-0.2, -0.15) is 0 Å². The first kappa shape index (κ1) is 14.7. The maximum Gasteiger partial charge on any atom is 0.284 e. The third-order valence-electron chi connectivity index (χ3n) is 2.63. The summed E-state index contributed by atoms with van der Waals surface area (Å²) in [6, 6.07) is 5.95. The van der Waals surface area contributed by atoms with Crippen molar-refractivity contribution in [1.29, 1.82) is 0 Å². The van der Waals surface area contributed by atoms with Crippen LogP contribution in [0.4, 0.5) is 0 Å². The highest BCUT2D eigenvalue weighted by Gasteiger charge is 2.16. The zero-order valence-corrected chi connectivity index (χ0v) is 12.9. The van der Waals surface area contributed by atoms with E-state index in [2.05, 4.69) is 4.98 Å². The minimum atomic E-state index is -3.58. The van der Waals surface area contributed by atoms with Gasteiger partial charge >= 0.3 is 0 Å². The minimum Gasteiger partial charge on any atom is -0.266 e. The maximum atomic E-state index is 11.7. The molecule has 1 heterocycles. The van der Waals surface area contributed by atoms with Crippen LogP contribution >= 0.6 is 11.3 Å². The molecule has 0 spiro atoms. The van der Waals surface area contributed by atoms with Gasteiger partial charge in [-0.3, -0.25) is 4.79 Å². The molecule has 0 fully saturated rings. The Morgan fingerprint density at radius 3 is 2.60 bits per heavy atom. The molecule has 0 saturated heterocycles.